The van der Waals surface area contributed by atoms with Crippen LogP contribution in [-0.2, 0) is 0 Å². The molecule has 18 heavy (non-hydrogen) atoms. The number of hydrogen-bond acceptors (Lipinski definition) is 1. The standard InChI is InChI=1S/C17H28S/c1-4-5-6-7-14(2)8-9-15(3)16-10-12-17(18)13-11-16/h10-15,18H,4-9H2,1-3H3. The first-order valence-electron chi connectivity index (χ1n) is 7.42. The highest BCUT2D eigenvalue weighted by atomic mass is 32.1. The minimum Gasteiger partial charge on any atom is -0.143 e. The van der Waals surface area contributed by atoms with E-state index < -0.39 is 0 Å². The van der Waals surface area contributed by atoms with Crippen molar-refractivity contribution in [3.05, 3.63) is 29.8 Å². The van der Waals surface area contributed by atoms with Crippen molar-refractivity contribution >= 4 is 12.6 Å². The molecule has 1 heteroatoms. The summed E-state index contributed by atoms with van der Waals surface area (Å²) in [7, 11) is 0. The lowest BCUT2D eigenvalue weighted by Gasteiger charge is -2.16. The summed E-state index contributed by atoms with van der Waals surface area (Å²) in [4.78, 5) is 1.05. The molecule has 1 aromatic carbocycles. The summed E-state index contributed by atoms with van der Waals surface area (Å²) in [6.07, 6.45) is 8.19. The average molecular weight is 264 g/mol. The van der Waals surface area contributed by atoms with Gasteiger partial charge in [-0.05, 0) is 36.0 Å². The summed E-state index contributed by atoms with van der Waals surface area (Å²) in [6, 6.07) is 8.63. The quantitative estimate of drug-likeness (QED) is 0.427. The second kappa shape index (κ2) is 8.63. The number of unbranched alkanes of at least 4 members (excludes halogenated alkanes) is 2. The molecule has 0 N–H and O–H groups in total. The van der Waals surface area contributed by atoms with Gasteiger partial charge in [-0.1, -0.05) is 65.0 Å². The Labute approximate surface area is 119 Å². The van der Waals surface area contributed by atoms with Crippen LogP contribution in [0.5, 0.6) is 0 Å². The molecule has 0 aliphatic carbocycles. The second-order valence-electron chi connectivity index (χ2n) is 5.67. The maximum atomic E-state index is 4.33. The van der Waals surface area contributed by atoms with Gasteiger partial charge in [0.25, 0.3) is 0 Å². The maximum Gasteiger partial charge on any atom is 0.00401 e. The van der Waals surface area contributed by atoms with Gasteiger partial charge in [-0.25, -0.2) is 0 Å². The minimum absolute atomic E-state index is 0.674. The Morgan fingerprint density at radius 3 is 2.22 bits per heavy atom. The summed E-state index contributed by atoms with van der Waals surface area (Å²) in [5, 5.41) is 0. The number of rotatable bonds is 8. The lowest BCUT2D eigenvalue weighted by molar-refractivity contribution is 0.434. The van der Waals surface area contributed by atoms with Gasteiger partial charge in [0.05, 0.1) is 0 Å². The molecular formula is C17H28S. The van der Waals surface area contributed by atoms with Crippen molar-refractivity contribution in [2.75, 3.05) is 0 Å². The predicted octanol–water partition coefficient (Wildman–Crippen LogP) is 6.08. The number of thiol groups is 1. The maximum absolute atomic E-state index is 4.33. The molecule has 0 aliphatic heterocycles. The monoisotopic (exact) mass is 264 g/mol. The first-order valence-corrected chi connectivity index (χ1v) is 7.87. The smallest absolute Gasteiger partial charge is 0.00401 e. The third kappa shape index (κ3) is 5.95. The van der Waals surface area contributed by atoms with E-state index in [-0.39, 0.29) is 0 Å². The van der Waals surface area contributed by atoms with Gasteiger partial charge in [-0.15, -0.1) is 12.6 Å². The molecule has 0 aliphatic rings. The Hall–Kier alpha value is -0.430. The first kappa shape index (κ1) is 15.6. The van der Waals surface area contributed by atoms with Crippen molar-refractivity contribution in [2.45, 2.75) is 70.1 Å². The van der Waals surface area contributed by atoms with E-state index in [9.17, 15) is 0 Å². The van der Waals surface area contributed by atoms with Crippen LogP contribution in [0.25, 0.3) is 0 Å². The van der Waals surface area contributed by atoms with Gasteiger partial charge in [0.1, 0.15) is 0 Å². The van der Waals surface area contributed by atoms with Crippen LogP contribution < -0.4 is 0 Å². The lowest BCUT2D eigenvalue weighted by Crippen LogP contribution is -2.00. The van der Waals surface area contributed by atoms with E-state index in [0.717, 1.165) is 10.8 Å². The second-order valence-corrected chi connectivity index (χ2v) is 6.19. The fourth-order valence-corrected chi connectivity index (χ4v) is 2.54. The summed E-state index contributed by atoms with van der Waals surface area (Å²) >= 11 is 4.33. The fourth-order valence-electron chi connectivity index (χ4n) is 2.39. The summed E-state index contributed by atoms with van der Waals surface area (Å²) in [5.41, 5.74) is 1.45. The largest absolute Gasteiger partial charge is 0.143 e. The SMILES string of the molecule is CCCCCC(C)CCC(C)c1ccc(S)cc1. The summed E-state index contributed by atoms with van der Waals surface area (Å²) in [5.74, 6) is 1.55. The molecule has 0 amide bonds. The van der Waals surface area contributed by atoms with E-state index in [4.69, 9.17) is 0 Å². The molecule has 1 aromatic rings. The fraction of sp³-hybridized carbons (Fsp3) is 0.647. The molecule has 0 nitrogen and oxygen atoms in total. The van der Waals surface area contributed by atoms with Gasteiger partial charge in [-0.3, -0.25) is 0 Å². The van der Waals surface area contributed by atoms with Crippen LogP contribution in [0.3, 0.4) is 0 Å². The predicted molar refractivity (Wildman–Crippen MR) is 84.6 cm³/mol. The zero-order chi connectivity index (χ0) is 13.4. The van der Waals surface area contributed by atoms with E-state index in [1.807, 2.05) is 0 Å². The third-order valence-corrected chi connectivity index (χ3v) is 4.15. The van der Waals surface area contributed by atoms with Gasteiger partial charge in [0, 0.05) is 4.90 Å². The Bertz CT molecular complexity index is 315. The normalized spacial score (nSPS) is 14.4. The molecule has 0 heterocycles. The van der Waals surface area contributed by atoms with Crippen molar-refractivity contribution in [1.29, 1.82) is 0 Å². The topological polar surface area (TPSA) is 0 Å². The Morgan fingerprint density at radius 2 is 1.61 bits per heavy atom. The average Bonchev–Trinajstić information content (AvgIpc) is 2.37. The van der Waals surface area contributed by atoms with Gasteiger partial charge < -0.3 is 0 Å². The minimum atomic E-state index is 0.674. The molecule has 0 aromatic heterocycles. The molecule has 1 rings (SSSR count). The first-order chi connectivity index (χ1) is 8.63. The van der Waals surface area contributed by atoms with E-state index >= 15 is 0 Å². The van der Waals surface area contributed by atoms with Crippen LogP contribution in [0.1, 0.15) is 70.8 Å². The summed E-state index contributed by atoms with van der Waals surface area (Å²) < 4.78 is 0. The van der Waals surface area contributed by atoms with E-state index in [1.165, 1.54) is 44.1 Å². The summed E-state index contributed by atoms with van der Waals surface area (Å²) in [6.45, 7) is 7.02. The Morgan fingerprint density at radius 1 is 0.944 bits per heavy atom. The Kier molecular flexibility index (Phi) is 7.50. The molecule has 2 atom stereocenters. The molecule has 0 bridgehead atoms. The van der Waals surface area contributed by atoms with Gasteiger partial charge >= 0.3 is 0 Å². The zero-order valence-corrected chi connectivity index (χ0v) is 13.0. The van der Waals surface area contributed by atoms with Crippen molar-refractivity contribution < 1.29 is 0 Å². The lowest BCUT2D eigenvalue weighted by atomic mass is 9.90. The van der Waals surface area contributed by atoms with Crippen LogP contribution in [0.15, 0.2) is 29.2 Å². The zero-order valence-electron chi connectivity index (χ0n) is 12.2. The van der Waals surface area contributed by atoms with Gasteiger partial charge in [0.15, 0.2) is 0 Å². The molecule has 0 fully saturated rings. The molecule has 0 saturated heterocycles. The molecule has 0 spiro atoms. The number of benzene rings is 1. The molecular weight excluding hydrogens is 236 g/mol. The van der Waals surface area contributed by atoms with Crippen LogP contribution in [-0.4, -0.2) is 0 Å². The molecule has 0 radical (unpaired) electrons. The van der Waals surface area contributed by atoms with Gasteiger partial charge in [0.2, 0.25) is 0 Å². The highest BCUT2D eigenvalue weighted by Crippen LogP contribution is 2.25. The highest BCUT2D eigenvalue weighted by Gasteiger charge is 2.08. The van der Waals surface area contributed by atoms with Crippen LogP contribution in [0, 0.1) is 5.92 Å². The van der Waals surface area contributed by atoms with Crippen molar-refractivity contribution in [3.63, 3.8) is 0 Å². The number of hydrogen-bond donors (Lipinski definition) is 1. The highest BCUT2D eigenvalue weighted by molar-refractivity contribution is 7.80. The molecule has 102 valence electrons. The Balaban J connectivity index is 2.27. The molecule has 2 unspecified atom stereocenters. The van der Waals surface area contributed by atoms with Gasteiger partial charge in [-0.2, -0.15) is 0 Å². The van der Waals surface area contributed by atoms with Crippen molar-refractivity contribution in [1.82, 2.24) is 0 Å². The van der Waals surface area contributed by atoms with E-state index in [2.05, 4.69) is 57.7 Å². The van der Waals surface area contributed by atoms with Crippen LogP contribution in [0.2, 0.25) is 0 Å². The van der Waals surface area contributed by atoms with E-state index in [1.54, 1.807) is 0 Å². The molecule has 0 saturated carbocycles. The van der Waals surface area contributed by atoms with Crippen LogP contribution in [0.4, 0.5) is 0 Å². The van der Waals surface area contributed by atoms with Crippen molar-refractivity contribution in [3.8, 4) is 0 Å². The van der Waals surface area contributed by atoms with E-state index in [0.29, 0.717) is 5.92 Å². The van der Waals surface area contributed by atoms with Crippen LogP contribution >= 0.6 is 12.6 Å². The third-order valence-electron chi connectivity index (χ3n) is 3.86. The van der Waals surface area contributed by atoms with Crippen molar-refractivity contribution in [2.24, 2.45) is 5.92 Å².